The second kappa shape index (κ2) is 4.77. The van der Waals surface area contributed by atoms with Gasteiger partial charge in [-0.25, -0.2) is 4.98 Å². The maximum absolute atomic E-state index is 5.59. The van der Waals surface area contributed by atoms with Crippen LogP contribution in [0.3, 0.4) is 0 Å². The van der Waals surface area contributed by atoms with Crippen LogP contribution in [0.1, 0.15) is 18.5 Å². The summed E-state index contributed by atoms with van der Waals surface area (Å²) >= 11 is 1.52. The molecule has 0 atom stereocenters. The maximum Gasteiger partial charge on any atom is 0.180 e. The molecule has 1 fully saturated rings. The molecule has 0 aromatic carbocycles. The standard InChI is InChI=1S/C11H17N3S/c1-2-6-14(10-3-4-10)7-5-9-8-15-11(12)13-9/h2,8,10H,1,3-7H2,(H2,12,13). The van der Waals surface area contributed by atoms with Gasteiger partial charge < -0.3 is 5.73 Å². The molecule has 3 nitrogen and oxygen atoms in total. The van der Waals surface area contributed by atoms with Crippen molar-refractivity contribution in [2.75, 3.05) is 18.8 Å². The summed E-state index contributed by atoms with van der Waals surface area (Å²) in [5, 5.41) is 2.72. The van der Waals surface area contributed by atoms with E-state index in [-0.39, 0.29) is 0 Å². The summed E-state index contributed by atoms with van der Waals surface area (Å²) in [5.74, 6) is 0. The number of nitrogen functional groups attached to an aromatic ring is 1. The topological polar surface area (TPSA) is 42.1 Å². The number of nitrogens with zero attached hydrogens (tertiary/aromatic N) is 2. The zero-order valence-electron chi connectivity index (χ0n) is 8.85. The molecular formula is C11H17N3S. The van der Waals surface area contributed by atoms with Gasteiger partial charge in [-0.3, -0.25) is 4.90 Å². The van der Waals surface area contributed by atoms with Crippen LogP contribution in [-0.4, -0.2) is 29.0 Å². The molecule has 1 aliphatic rings. The SMILES string of the molecule is C=CCN(CCc1csc(N)n1)C1CC1. The Labute approximate surface area is 94.6 Å². The smallest absolute Gasteiger partial charge is 0.180 e. The molecular weight excluding hydrogens is 206 g/mol. The Kier molecular flexibility index (Phi) is 3.38. The van der Waals surface area contributed by atoms with Crippen molar-refractivity contribution in [2.24, 2.45) is 0 Å². The van der Waals surface area contributed by atoms with Crippen LogP contribution in [-0.2, 0) is 6.42 Å². The first-order chi connectivity index (χ1) is 7.29. The van der Waals surface area contributed by atoms with Crippen LogP contribution in [0.15, 0.2) is 18.0 Å². The van der Waals surface area contributed by atoms with E-state index in [2.05, 4.69) is 16.5 Å². The van der Waals surface area contributed by atoms with Crippen molar-refractivity contribution in [3.05, 3.63) is 23.7 Å². The van der Waals surface area contributed by atoms with Gasteiger partial charge in [-0.2, -0.15) is 0 Å². The highest BCUT2D eigenvalue weighted by Crippen LogP contribution is 2.26. The number of rotatable bonds is 6. The fourth-order valence-electron chi connectivity index (χ4n) is 1.72. The zero-order valence-corrected chi connectivity index (χ0v) is 9.67. The Balaban J connectivity index is 1.82. The van der Waals surface area contributed by atoms with Gasteiger partial charge in [0.1, 0.15) is 0 Å². The van der Waals surface area contributed by atoms with Gasteiger partial charge >= 0.3 is 0 Å². The molecule has 0 amide bonds. The molecule has 0 aliphatic heterocycles. The Morgan fingerprint density at radius 1 is 1.67 bits per heavy atom. The quantitative estimate of drug-likeness (QED) is 0.749. The van der Waals surface area contributed by atoms with Gasteiger partial charge in [0.15, 0.2) is 5.13 Å². The lowest BCUT2D eigenvalue weighted by molar-refractivity contribution is 0.295. The lowest BCUT2D eigenvalue weighted by Gasteiger charge is -2.19. The van der Waals surface area contributed by atoms with Crippen LogP contribution in [0.2, 0.25) is 0 Å². The van der Waals surface area contributed by atoms with Crippen LogP contribution >= 0.6 is 11.3 Å². The molecule has 4 heteroatoms. The Bertz CT molecular complexity index is 330. The molecule has 0 bridgehead atoms. The molecule has 1 aromatic heterocycles. The van der Waals surface area contributed by atoms with Crippen molar-refractivity contribution in [1.82, 2.24) is 9.88 Å². The predicted octanol–water partition coefficient (Wildman–Crippen LogP) is 1.92. The average Bonchev–Trinajstić information content (AvgIpc) is 2.97. The second-order valence-electron chi connectivity index (χ2n) is 3.94. The van der Waals surface area contributed by atoms with Gasteiger partial charge in [-0.15, -0.1) is 17.9 Å². The summed E-state index contributed by atoms with van der Waals surface area (Å²) in [4.78, 5) is 6.74. The van der Waals surface area contributed by atoms with Crippen LogP contribution in [0.25, 0.3) is 0 Å². The first kappa shape index (κ1) is 10.6. The van der Waals surface area contributed by atoms with Crippen LogP contribution in [0, 0.1) is 0 Å². The van der Waals surface area contributed by atoms with Crippen molar-refractivity contribution in [3.63, 3.8) is 0 Å². The average molecular weight is 223 g/mol. The highest BCUT2D eigenvalue weighted by molar-refractivity contribution is 7.13. The minimum Gasteiger partial charge on any atom is -0.375 e. The van der Waals surface area contributed by atoms with E-state index in [4.69, 9.17) is 5.73 Å². The molecule has 1 heterocycles. The van der Waals surface area contributed by atoms with Crippen molar-refractivity contribution in [3.8, 4) is 0 Å². The summed E-state index contributed by atoms with van der Waals surface area (Å²) in [6, 6.07) is 0.791. The van der Waals surface area contributed by atoms with Crippen molar-refractivity contribution in [2.45, 2.75) is 25.3 Å². The molecule has 0 radical (unpaired) electrons. The Morgan fingerprint density at radius 2 is 2.47 bits per heavy atom. The molecule has 0 unspecified atom stereocenters. The maximum atomic E-state index is 5.59. The van der Waals surface area contributed by atoms with Gasteiger partial charge in [0, 0.05) is 30.9 Å². The summed E-state index contributed by atoms with van der Waals surface area (Å²) < 4.78 is 0. The number of nitrogens with two attached hydrogens (primary N) is 1. The molecule has 1 aromatic rings. The number of anilines is 1. The third kappa shape index (κ3) is 3.04. The Morgan fingerprint density at radius 3 is 3.00 bits per heavy atom. The normalized spacial score (nSPS) is 15.8. The number of hydrogen-bond donors (Lipinski definition) is 1. The van der Waals surface area contributed by atoms with Crippen molar-refractivity contribution in [1.29, 1.82) is 0 Å². The number of hydrogen-bond acceptors (Lipinski definition) is 4. The largest absolute Gasteiger partial charge is 0.375 e. The summed E-state index contributed by atoms with van der Waals surface area (Å²) in [6.45, 7) is 5.85. The highest BCUT2D eigenvalue weighted by atomic mass is 32.1. The predicted molar refractivity (Wildman–Crippen MR) is 65.0 cm³/mol. The minimum absolute atomic E-state index is 0.673. The van der Waals surface area contributed by atoms with E-state index < -0.39 is 0 Å². The van der Waals surface area contributed by atoms with Gasteiger partial charge in [0.2, 0.25) is 0 Å². The van der Waals surface area contributed by atoms with Gasteiger partial charge in [-0.1, -0.05) is 6.08 Å². The van der Waals surface area contributed by atoms with Crippen LogP contribution in [0.5, 0.6) is 0 Å². The van der Waals surface area contributed by atoms with Gasteiger partial charge in [0.25, 0.3) is 0 Å². The summed E-state index contributed by atoms with van der Waals surface area (Å²) in [5.41, 5.74) is 6.71. The van der Waals surface area contributed by atoms with Crippen LogP contribution in [0.4, 0.5) is 5.13 Å². The van der Waals surface area contributed by atoms with E-state index in [1.807, 2.05) is 11.5 Å². The van der Waals surface area contributed by atoms with E-state index in [9.17, 15) is 0 Å². The molecule has 2 rings (SSSR count). The molecule has 1 aliphatic carbocycles. The zero-order chi connectivity index (χ0) is 10.7. The number of aromatic nitrogens is 1. The van der Waals surface area contributed by atoms with E-state index >= 15 is 0 Å². The molecule has 82 valence electrons. The fraction of sp³-hybridized carbons (Fsp3) is 0.545. The number of thiazole rings is 1. The summed E-state index contributed by atoms with van der Waals surface area (Å²) in [6.07, 6.45) is 5.66. The summed E-state index contributed by atoms with van der Waals surface area (Å²) in [7, 11) is 0. The van der Waals surface area contributed by atoms with Crippen molar-refractivity contribution >= 4 is 16.5 Å². The first-order valence-electron chi connectivity index (χ1n) is 5.34. The van der Waals surface area contributed by atoms with Crippen LogP contribution < -0.4 is 5.73 Å². The molecule has 15 heavy (non-hydrogen) atoms. The highest BCUT2D eigenvalue weighted by Gasteiger charge is 2.27. The van der Waals surface area contributed by atoms with Gasteiger partial charge in [-0.05, 0) is 12.8 Å². The molecule has 0 spiro atoms. The minimum atomic E-state index is 0.673. The van der Waals surface area contributed by atoms with Gasteiger partial charge in [0.05, 0.1) is 5.69 Å². The van der Waals surface area contributed by atoms with E-state index in [0.29, 0.717) is 5.13 Å². The van der Waals surface area contributed by atoms with E-state index in [0.717, 1.165) is 31.2 Å². The lowest BCUT2D eigenvalue weighted by atomic mass is 10.3. The third-order valence-corrected chi connectivity index (χ3v) is 3.37. The third-order valence-electron chi connectivity index (χ3n) is 2.65. The molecule has 0 saturated heterocycles. The second-order valence-corrected chi connectivity index (χ2v) is 4.83. The molecule has 1 saturated carbocycles. The van der Waals surface area contributed by atoms with E-state index in [1.54, 1.807) is 0 Å². The first-order valence-corrected chi connectivity index (χ1v) is 6.22. The van der Waals surface area contributed by atoms with Crippen molar-refractivity contribution < 1.29 is 0 Å². The lowest BCUT2D eigenvalue weighted by Crippen LogP contribution is -2.28. The fourth-order valence-corrected chi connectivity index (χ4v) is 2.32. The molecule has 2 N–H and O–H groups in total. The monoisotopic (exact) mass is 223 g/mol. The van der Waals surface area contributed by atoms with E-state index in [1.165, 1.54) is 24.2 Å². The Hall–Kier alpha value is -0.870.